The molecule has 0 aromatic heterocycles. The number of rotatable bonds is 12. The molecule has 7 heteroatoms. The van der Waals surface area contributed by atoms with Gasteiger partial charge >= 0.3 is 12.1 Å². The van der Waals surface area contributed by atoms with E-state index < -0.39 is 18.4 Å². The number of carbonyl (C=O) groups is 2. The zero-order chi connectivity index (χ0) is 19.9. The Bertz CT molecular complexity index is 569. The number of hydrogen-bond donors (Lipinski definition) is 0. The first-order valence-corrected chi connectivity index (χ1v) is 9.16. The SMILES string of the molecule is CCOC(=O)/C=C/N(CCC(OCC)OCC)C(=O)OCc1ccccc1. The van der Waals surface area contributed by atoms with Gasteiger partial charge in [0.15, 0.2) is 6.29 Å². The molecule has 27 heavy (non-hydrogen) atoms. The molecule has 0 spiro atoms. The number of benzene rings is 1. The van der Waals surface area contributed by atoms with E-state index in [9.17, 15) is 9.59 Å². The highest BCUT2D eigenvalue weighted by molar-refractivity contribution is 5.82. The lowest BCUT2D eigenvalue weighted by Gasteiger charge is -2.22. The first kappa shape index (κ1) is 22.7. The third-order valence-corrected chi connectivity index (χ3v) is 3.43. The van der Waals surface area contributed by atoms with E-state index in [2.05, 4.69) is 0 Å². The van der Waals surface area contributed by atoms with Crippen molar-refractivity contribution in [2.24, 2.45) is 0 Å². The predicted octanol–water partition coefficient (Wildman–Crippen LogP) is 3.49. The van der Waals surface area contributed by atoms with Crippen molar-refractivity contribution in [3.63, 3.8) is 0 Å². The minimum absolute atomic E-state index is 0.143. The number of carbonyl (C=O) groups excluding carboxylic acids is 2. The summed E-state index contributed by atoms with van der Waals surface area (Å²) in [4.78, 5) is 25.3. The molecule has 0 heterocycles. The molecular weight excluding hydrogens is 350 g/mol. The van der Waals surface area contributed by atoms with E-state index in [1.165, 1.54) is 17.2 Å². The van der Waals surface area contributed by atoms with E-state index in [0.717, 1.165) is 5.56 Å². The van der Waals surface area contributed by atoms with Crippen LogP contribution in [0.15, 0.2) is 42.6 Å². The summed E-state index contributed by atoms with van der Waals surface area (Å²) in [5.41, 5.74) is 0.877. The molecule has 1 aromatic rings. The summed E-state index contributed by atoms with van der Waals surface area (Å²) in [5, 5.41) is 0. The molecule has 0 saturated heterocycles. The van der Waals surface area contributed by atoms with Gasteiger partial charge in [-0.25, -0.2) is 9.59 Å². The third-order valence-electron chi connectivity index (χ3n) is 3.43. The molecule has 0 radical (unpaired) electrons. The second-order valence-corrected chi connectivity index (χ2v) is 5.43. The maximum absolute atomic E-state index is 12.4. The molecule has 1 aromatic carbocycles. The second-order valence-electron chi connectivity index (χ2n) is 5.43. The molecule has 0 unspecified atom stereocenters. The minimum atomic E-state index is -0.564. The van der Waals surface area contributed by atoms with Crippen molar-refractivity contribution in [2.75, 3.05) is 26.4 Å². The van der Waals surface area contributed by atoms with Crippen LogP contribution in [0.1, 0.15) is 32.8 Å². The van der Waals surface area contributed by atoms with Crippen molar-refractivity contribution in [3.05, 3.63) is 48.2 Å². The van der Waals surface area contributed by atoms with E-state index in [1.807, 2.05) is 44.2 Å². The average molecular weight is 379 g/mol. The normalized spacial score (nSPS) is 11.0. The highest BCUT2D eigenvalue weighted by Gasteiger charge is 2.17. The molecule has 0 aliphatic heterocycles. The minimum Gasteiger partial charge on any atom is -0.463 e. The Morgan fingerprint density at radius 1 is 1.00 bits per heavy atom. The quantitative estimate of drug-likeness (QED) is 0.314. The van der Waals surface area contributed by atoms with Crippen LogP contribution in [0.5, 0.6) is 0 Å². The van der Waals surface area contributed by atoms with Gasteiger partial charge in [0, 0.05) is 38.5 Å². The van der Waals surface area contributed by atoms with Crippen LogP contribution >= 0.6 is 0 Å². The Morgan fingerprint density at radius 3 is 2.26 bits per heavy atom. The summed E-state index contributed by atoms with van der Waals surface area (Å²) < 4.78 is 21.2. The van der Waals surface area contributed by atoms with Crippen molar-refractivity contribution < 1.29 is 28.5 Å². The number of esters is 1. The fraction of sp³-hybridized carbons (Fsp3) is 0.500. The highest BCUT2D eigenvalue weighted by Crippen LogP contribution is 2.08. The van der Waals surface area contributed by atoms with E-state index in [-0.39, 0.29) is 19.8 Å². The van der Waals surface area contributed by atoms with Crippen molar-refractivity contribution in [3.8, 4) is 0 Å². The number of hydrogen-bond acceptors (Lipinski definition) is 6. The molecule has 150 valence electrons. The zero-order valence-corrected chi connectivity index (χ0v) is 16.3. The summed E-state index contributed by atoms with van der Waals surface area (Å²) in [7, 11) is 0. The van der Waals surface area contributed by atoms with Crippen molar-refractivity contribution >= 4 is 12.1 Å². The molecule has 0 N–H and O–H groups in total. The van der Waals surface area contributed by atoms with Crippen LogP contribution in [-0.4, -0.2) is 49.6 Å². The van der Waals surface area contributed by atoms with Crippen LogP contribution in [0, 0.1) is 0 Å². The van der Waals surface area contributed by atoms with Crippen LogP contribution in [0.25, 0.3) is 0 Å². The highest BCUT2D eigenvalue weighted by atomic mass is 16.7. The predicted molar refractivity (Wildman–Crippen MR) is 101 cm³/mol. The topological polar surface area (TPSA) is 74.3 Å². The van der Waals surface area contributed by atoms with Gasteiger partial charge < -0.3 is 18.9 Å². The lowest BCUT2D eigenvalue weighted by molar-refractivity contribution is -0.140. The first-order chi connectivity index (χ1) is 13.1. The van der Waals surface area contributed by atoms with Gasteiger partial charge in [-0.1, -0.05) is 30.3 Å². The molecule has 0 fully saturated rings. The van der Waals surface area contributed by atoms with E-state index in [0.29, 0.717) is 19.6 Å². The Labute approximate surface area is 160 Å². The summed E-state index contributed by atoms with van der Waals surface area (Å²) in [6.45, 7) is 7.14. The summed E-state index contributed by atoms with van der Waals surface area (Å²) in [5.74, 6) is -0.524. The lowest BCUT2D eigenvalue weighted by Crippen LogP contribution is -2.31. The van der Waals surface area contributed by atoms with E-state index in [1.54, 1.807) is 6.92 Å². The monoisotopic (exact) mass is 379 g/mol. The van der Waals surface area contributed by atoms with Gasteiger partial charge in [-0.05, 0) is 26.3 Å². The molecule has 0 atom stereocenters. The lowest BCUT2D eigenvalue weighted by atomic mass is 10.2. The van der Waals surface area contributed by atoms with Gasteiger partial charge in [0.1, 0.15) is 6.61 Å². The van der Waals surface area contributed by atoms with Gasteiger partial charge in [0.25, 0.3) is 0 Å². The largest absolute Gasteiger partial charge is 0.463 e. The van der Waals surface area contributed by atoms with Crippen LogP contribution in [0.2, 0.25) is 0 Å². The maximum Gasteiger partial charge on any atom is 0.414 e. The maximum atomic E-state index is 12.4. The molecular formula is C20H29NO6. The van der Waals surface area contributed by atoms with Gasteiger partial charge in [0.05, 0.1) is 6.61 Å². The summed E-state index contributed by atoms with van der Waals surface area (Å²) in [6, 6.07) is 9.37. The summed E-state index contributed by atoms with van der Waals surface area (Å²) >= 11 is 0. The summed E-state index contributed by atoms with van der Waals surface area (Å²) in [6.07, 6.45) is 2.01. The number of nitrogens with zero attached hydrogens (tertiary/aromatic N) is 1. The van der Waals surface area contributed by atoms with Crippen LogP contribution in [0.4, 0.5) is 4.79 Å². The van der Waals surface area contributed by atoms with Crippen LogP contribution < -0.4 is 0 Å². The van der Waals surface area contributed by atoms with Gasteiger partial charge in [-0.3, -0.25) is 4.90 Å². The molecule has 1 amide bonds. The smallest absolute Gasteiger partial charge is 0.414 e. The van der Waals surface area contributed by atoms with Gasteiger partial charge in [-0.2, -0.15) is 0 Å². The van der Waals surface area contributed by atoms with Crippen molar-refractivity contribution in [1.29, 1.82) is 0 Å². The molecule has 0 aliphatic rings. The van der Waals surface area contributed by atoms with Crippen molar-refractivity contribution in [1.82, 2.24) is 4.90 Å². The van der Waals surface area contributed by atoms with Gasteiger partial charge in [-0.15, -0.1) is 0 Å². The fourth-order valence-electron chi connectivity index (χ4n) is 2.20. The second kappa shape index (κ2) is 13.8. The Balaban J connectivity index is 2.70. The number of amides is 1. The van der Waals surface area contributed by atoms with Crippen LogP contribution in [-0.2, 0) is 30.3 Å². The van der Waals surface area contributed by atoms with Crippen molar-refractivity contribution in [2.45, 2.75) is 40.1 Å². The molecule has 7 nitrogen and oxygen atoms in total. The van der Waals surface area contributed by atoms with Crippen LogP contribution in [0.3, 0.4) is 0 Å². The molecule has 0 saturated carbocycles. The Kier molecular flexibility index (Phi) is 11.6. The number of ether oxygens (including phenoxy) is 4. The fourth-order valence-corrected chi connectivity index (χ4v) is 2.20. The molecule has 0 aliphatic carbocycles. The van der Waals surface area contributed by atoms with Gasteiger partial charge in [0.2, 0.25) is 0 Å². The standard InChI is InChI=1S/C20H29NO6/c1-4-24-18(22)12-14-21(15-13-19(25-5-2)26-6-3)20(23)27-16-17-10-8-7-9-11-17/h7-12,14,19H,4-6,13,15-16H2,1-3H3/b14-12+. The average Bonchev–Trinajstić information content (AvgIpc) is 2.67. The zero-order valence-electron chi connectivity index (χ0n) is 16.3. The third kappa shape index (κ3) is 9.77. The molecule has 0 bridgehead atoms. The van der Waals surface area contributed by atoms with E-state index in [4.69, 9.17) is 18.9 Å². The Morgan fingerprint density at radius 2 is 1.67 bits per heavy atom. The molecule has 1 rings (SSSR count). The van der Waals surface area contributed by atoms with E-state index >= 15 is 0 Å². The Hall–Kier alpha value is -2.38. The first-order valence-electron chi connectivity index (χ1n) is 9.16.